The van der Waals surface area contributed by atoms with E-state index in [9.17, 15) is 4.79 Å². The fourth-order valence-corrected chi connectivity index (χ4v) is 5.36. The van der Waals surface area contributed by atoms with Crippen molar-refractivity contribution in [1.82, 2.24) is 9.88 Å². The first-order chi connectivity index (χ1) is 12.5. The molecule has 3 heterocycles. The van der Waals surface area contributed by atoms with Crippen LogP contribution in [0.5, 0.6) is 0 Å². The highest BCUT2D eigenvalue weighted by Crippen LogP contribution is 2.32. The van der Waals surface area contributed by atoms with Gasteiger partial charge in [0.05, 0.1) is 21.0 Å². The van der Waals surface area contributed by atoms with Crippen molar-refractivity contribution >= 4 is 55.5 Å². The molecular weight excluding hydrogens is 386 g/mol. The molecule has 136 valence electrons. The highest BCUT2D eigenvalue weighted by molar-refractivity contribution is 7.22. The molecule has 0 spiro atoms. The lowest BCUT2D eigenvalue weighted by Crippen LogP contribution is -2.49. The monoisotopic (exact) mass is 405 g/mol. The summed E-state index contributed by atoms with van der Waals surface area (Å²) in [6.07, 6.45) is 0.441. The van der Waals surface area contributed by atoms with Crippen molar-refractivity contribution in [2.45, 2.75) is 20.3 Å². The summed E-state index contributed by atoms with van der Waals surface area (Å²) in [5, 5.41) is 1.06. The lowest BCUT2D eigenvalue weighted by atomic mass is 10.1. The Morgan fingerprint density at radius 2 is 1.88 bits per heavy atom. The second-order valence-corrected chi connectivity index (χ2v) is 9.41. The Balaban J connectivity index is 1.42. The van der Waals surface area contributed by atoms with Gasteiger partial charge >= 0.3 is 0 Å². The van der Waals surface area contributed by atoms with E-state index in [0.717, 1.165) is 46.0 Å². The van der Waals surface area contributed by atoms with E-state index in [4.69, 9.17) is 16.6 Å². The lowest BCUT2D eigenvalue weighted by molar-refractivity contribution is -0.130. The van der Waals surface area contributed by atoms with Crippen molar-refractivity contribution in [3.63, 3.8) is 0 Å². The first-order valence-corrected chi connectivity index (χ1v) is 10.7. The largest absolute Gasteiger partial charge is 0.345 e. The van der Waals surface area contributed by atoms with E-state index in [1.807, 2.05) is 17.0 Å². The molecule has 0 aliphatic carbocycles. The minimum Gasteiger partial charge on any atom is -0.345 e. The Bertz CT molecular complexity index is 957. The molecule has 1 saturated heterocycles. The Kier molecular flexibility index (Phi) is 4.90. The van der Waals surface area contributed by atoms with Crippen LogP contribution in [-0.4, -0.2) is 42.0 Å². The Labute approximate surface area is 166 Å². The zero-order chi connectivity index (χ0) is 18.3. The van der Waals surface area contributed by atoms with E-state index in [0.29, 0.717) is 6.42 Å². The molecule has 0 unspecified atom stereocenters. The molecule has 1 aromatic carbocycles. The first-order valence-electron chi connectivity index (χ1n) is 8.65. The van der Waals surface area contributed by atoms with Crippen LogP contribution < -0.4 is 4.90 Å². The van der Waals surface area contributed by atoms with Crippen molar-refractivity contribution in [3.8, 4) is 0 Å². The molecular formula is C19H20ClN3OS2. The quantitative estimate of drug-likeness (QED) is 0.642. The van der Waals surface area contributed by atoms with E-state index in [-0.39, 0.29) is 5.91 Å². The second kappa shape index (κ2) is 7.18. The van der Waals surface area contributed by atoms with Gasteiger partial charge in [0.2, 0.25) is 5.91 Å². The highest BCUT2D eigenvalue weighted by atomic mass is 35.5. The zero-order valence-electron chi connectivity index (χ0n) is 14.8. The SMILES string of the molecule is Cc1ccc2sc(N3CCN(C(=O)Cc4ccc(Cl)s4)CC3)nc2c1C. The minimum atomic E-state index is 0.180. The van der Waals surface area contributed by atoms with Crippen molar-refractivity contribution in [1.29, 1.82) is 0 Å². The summed E-state index contributed by atoms with van der Waals surface area (Å²) in [7, 11) is 0. The molecule has 0 N–H and O–H groups in total. The van der Waals surface area contributed by atoms with Crippen LogP contribution in [0.4, 0.5) is 5.13 Å². The molecule has 0 saturated carbocycles. The number of carbonyl (C=O) groups is 1. The van der Waals surface area contributed by atoms with Crippen molar-refractivity contribution in [2.75, 3.05) is 31.1 Å². The number of carbonyl (C=O) groups excluding carboxylic acids is 1. The molecule has 26 heavy (non-hydrogen) atoms. The fourth-order valence-electron chi connectivity index (χ4n) is 3.20. The average molecular weight is 406 g/mol. The summed E-state index contributed by atoms with van der Waals surface area (Å²) in [6, 6.07) is 8.11. The number of fused-ring (bicyclic) bond motifs is 1. The molecule has 1 aliphatic heterocycles. The van der Waals surface area contributed by atoms with Gasteiger partial charge in [0.15, 0.2) is 5.13 Å². The third-order valence-corrected chi connectivity index (χ3v) is 7.24. The third kappa shape index (κ3) is 3.46. The average Bonchev–Trinajstić information content (AvgIpc) is 3.25. The first kappa shape index (κ1) is 17.8. The molecule has 0 bridgehead atoms. The number of amides is 1. The molecule has 0 atom stereocenters. The number of hydrogen-bond acceptors (Lipinski definition) is 5. The smallest absolute Gasteiger partial charge is 0.227 e. The van der Waals surface area contributed by atoms with Gasteiger partial charge in [-0.25, -0.2) is 4.98 Å². The zero-order valence-corrected chi connectivity index (χ0v) is 17.2. The van der Waals surface area contributed by atoms with Gasteiger partial charge in [-0.2, -0.15) is 0 Å². The van der Waals surface area contributed by atoms with Gasteiger partial charge < -0.3 is 9.80 Å². The normalized spacial score (nSPS) is 15.0. The van der Waals surface area contributed by atoms with E-state index in [1.54, 1.807) is 11.3 Å². The summed E-state index contributed by atoms with van der Waals surface area (Å²) in [5.74, 6) is 0.180. The van der Waals surface area contributed by atoms with Crippen LogP contribution in [0.25, 0.3) is 10.2 Å². The number of piperazine rings is 1. The topological polar surface area (TPSA) is 36.4 Å². The van der Waals surface area contributed by atoms with Gasteiger partial charge in [-0.1, -0.05) is 29.0 Å². The number of halogens is 1. The van der Waals surface area contributed by atoms with Gasteiger partial charge in [-0.3, -0.25) is 4.79 Å². The van der Waals surface area contributed by atoms with Crippen LogP contribution in [-0.2, 0) is 11.2 Å². The van der Waals surface area contributed by atoms with E-state index < -0.39 is 0 Å². The van der Waals surface area contributed by atoms with Crippen LogP contribution in [0, 0.1) is 13.8 Å². The summed E-state index contributed by atoms with van der Waals surface area (Å²) in [5.41, 5.74) is 3.64. The summed E-state index contributed by atoms with van der Waals surface area (Å²) in [4.78, 5) is 22.6. The van der Waals surface area contributed by atoms with Crippen molar-refractivity contribution in [3.05, 3.63) is 44.6 Å². The number of benzene rings is 1. The van der Waals surface area contributed by atoms with Crippen molar-refractivity contribution in [2.24, 2.45) is 0 Å². The highest BCUT2D eigenvalue weighted by Gasteiger charge is 2.23. The van der Waals surface area contributed by atoms with E-state index in [2.05, 4.69) is 30.9 Å². The molecule has 1 amide bonds. The molecule has 0 radical (unpaired) electrons. The maximum Gasteiger partial charge on any atom is 0.227 e. The minimum absolute atomic E-state index is 0.180. The predicted octanol–water partition coefficient (Wildman–Crippen LogP) is 4.52. The Hall–Kier alpha value is -1.63. The Morgan fingerprint density at radius 1 is 1.12 bits per heavy atom. The molecule has 3 aromatic rings. The van der Waals surface area contributed by atoms with E-state index >= 15 is 0 Å². The molecule has 1 aliphatic rings. The van der Waals surface area contributed by atoms with Crippen LogP contribution in [0.3, 0.4) is 0 Å². The number of aryl methyl sites for hydroxylation is 2. The summed E-state index contributed by atoms with van der Waals surface area (Å²) in [6.45, 7) is 7.40. The second-order valence-electron chi connectivity index (χ2n) is 6.60. The predicted molar refractivity (Wildman–Crippen MR) is 111 cm³/mol. The van der Waals surface area contributed by atoms with Crippen LogP contribution in [0.15, 0.2) is 24.3 Å². The van der Waals surface area contributed by atoms with Gasteiger partial charge in [0, 0.05) is 31.1 Å². The number of anilines is 1. The number of hydrogen-bond donors (Lipinski definition) is 0. The summed E-state index contributed by atoms with van der Waals surface area (Å²) >= 11 is 9.17. The van der Waals surface area contributed by atoms with Crippen LogP contribution in [0.2, 0.25) is 4.34 Å². The van der Waals surface area contributed by atoms with Gasteiger partial charge in [0.1, 0.15) is 0 Å². The standard InChI is InChI=1S/C19H20ClN3OS2/c1-12-3-5-15-18(13(12)2)21-19(26-15)23-9-7-22(8-10-23)17(24)11-14-4-6-16(20)25-14/h3-6H,7-11H2,1-2H3. The van der Waals surface area contributed by atoms with E-state index in [1.165, 1.54) is 27.2 Å². The maximum atomic E-state index is 12.5. The number of nitrogens with zero attached hydrogens (tertiary/aromatic N) is 3. The number of rotatable bonds is 3. The molecule has 4 nitrogen and oxygen atoms in total. The number of aromatic nitrogens is 1. The molecule has 7 heteroatoms. The van der Waals surface area contributed by atoms with Gasteiger partial charge in [-0.05, 0) is 43.2 Å². The number of thiophene rings is 1. The third-order valence-electron chi connectivity index (χ3n) is 4.93. The van der Waals surface area contributed by atoms with Crippen LogP contribution in [0.1, 0.15) is 16.0 Å². The molecule has 2 aromatic heterocycles. The van der Waals surface area contributed by atoms with Crippen molar-refractivity contribution < 1.29 is 4.79 Å². The number of thiazole rings is 1. The Morgan fingerprint density at radius 3 is 2.58 bits per heavy atom. The maximum absolute atomic E-state index is 12.5. The van der Waals surface area contributed by atoms with Gasteiger partial charge in [0.25, 0.3) is 0 Å². The van der Waals surface area contributed by atoms with Gasteiger partial charge in [-0.15, -0.1) is 11.3 Å². The fraction of sp³-hybridized carbons (Fsp3) is 0.368. The molecule has 1 fully saturated rings. The summed E-state index contributed by atoms with van der Waals surface area (Å²) < 4.78 is 1.97. The molecule has 4 rings (SSSR count). The van der Waals surface area contributed by atoms with Crippen LogP contribution >= 0.6 is 34.3 Å². The lowest BCUT2D eigenvalue weighted by Gasteiger charge is -2.34.